The van der Waals surface area contributed by atoms with Crippen LogP contribution in [0.4, 0.5) is 0 Å². The fourth-order valence-corrected chi connectivity index (χ4v) is 2.65. The fourth-order valence-electron chi connectivity index (χ4n) is 1.71. The molecule has 0 spiro atoms. The number of hydrogen-bond donors (Lipinski definition) is 1. The molecule has 1 amide bonds. The number of nitrogens with one attached hydrogen (secondary N) is 1. The van der Waals surface area contributed by atoms with Crippen LogP contribution in [0.2, 0.25) is 5.02 Å². The maximum absolute atomic E-state index is 11.9. The molecule has 0 unspecified atom stereocenters. The molecule has 0 aliphatic heterocycles. The number of carbonyl (C=O) groups excluding carboxylic acids is 2. The van der Waals surface area contributed by atoms with Crippen LogP contribution in [0.5, 0.6) is 0 Å². The first kappa shape index (κ1) is 14.8. The van der Waals surface area contributed by atoms with Crippen molar-refractivity contribution in [3.05, 3.63) is 56.7 Å². The predicted octanol–water partition coefficient (Wildman–Crippen LogP) is 3.58. The van der Waals surface area contributed by atoms with Crippen LogP contribution < -0.4 is 5.32 Å². The average Bonchev–Trinajstić information content (AvgIpc) is 2.91. The second-order valence-corrected chi connectivity index (χ2v) is 5.87. The van der Waals surface area contributed by atoms with Crippen molar-refractivity contribution < 1.29 is 9.59 Å². The van der Waals surface area contributed by atoms with Gasteiger partial charge < -0.3 is 5.32 Å². The first-order valence-corrected chi connectivity index (χ1v) is 7.39. The van der Waals surface area contributed by atoms with Crippen LogP contribution in [0.3, 0.4) is 0 Å². The van der Waals surface area contributed by atoms with Gasteiger partial charge in [-0.15, -0.1) is 11.3 Å². The summed E-state index contributed by atoms with van der Waals surface area (Å²) >= 11 is 7.03. The Labute approximate surface area is 126 Å². The van der Waals surface area contributed by atoms with Crippen molar-refractivity contribution in [3.63, 3.8) is 0 Å². The molecule has 104 valence electrons. The van der Waals surface area contributed by atoms with Crippen LogP contribution in [-0.4, -0.2) is 18.2 Å². The summed E-state index contributed by atoms with van der Waals surface area (Å²) in [6.45, 7) is 2.04. The van der Waals surface area contributed by atoms with Crippen molar-refractivity contribution in [2.24, 2.45) is 0 Å². The second kappa shape index (κ2) is 6.68. The molecular formula is C15H14ClNO2S. The van der Waals surface area contributed by atoms with Crippen LogP contribution in [-0.2, 0) is 6.42 Å². The van der Waals surface area contributed by atoms with Crippen molar-refractivity contribution in [1.29, 1.82) is 0 Å². The van der Waals surface area contributed by atoms with Crippen LogP contribution in [0.1, 0.15) is 31.8 Å². The first-order valence-electron chi connectivity index (χ1n) is 6.19. The highest BCUT2D eigenvalue weighted by atomic mass is 35.5. The molecule has 0 atom stereocenters. The van der Waals surface area contributed by atoms with Crippen molar-refractivity contribution in [1.82, 2.24) is 5.32 Å². The highest BCUT2D eigenvalue weighted by Crippen LogP contribution is 2.16. The lowest BCUT2D eigenvalue weighted by Gasteiger charge is -2.04. The Morgan fingerprint density at radius 3 is 2.35 bits per heavy atom. The van der Waals surface area contributed by atoms with Crippen molar-refractivity contribution in [3.8, 4) is 0 Å². The third-order valence-electron chi connectivity index (χ3n) is 2.79. The Morgan fingerprint density at radius 2 is 1.75 bits per heavy atom. The molecule has 1 N–H and O–H groups in total. The van der Waals surface area contributed by atoms with Gasteiger partial charge in [-0.2, -0.15) is 0 Å². The quantitative estimate of drug-likeness (QED) is 0.858. The van der Waals surface area contributed by atoms with Gasteiger partial charge in [-0.1, -0.05) is 23.7 Å². The minimum atomic E-state index is -0.142. The summed E-state index contributed by atoms with van der Waals surface area (Å²) in [4.78, 5) is 24.2. The van der Waals surface area contributed by atoms with Crippen LogP contribution in [0.15, 0.2) is 36.4 Å². The predicted molar refractivity (Wildman–Crippen MR) is 81.8 cm³/mol. The Kier molecular flexibility index (Phi) is 4.93. The largest absolute Gasteiger partial charge is 0.351 e. The Bertz CT molecular complexity index is 619. The van der Waals surface area contributed by atoms with Gasteiger partial charge in [0.25, 0.3) is 5.91 Å². The highest BCUT2D eigenvalue weighted by Gasteiger charge is 2.10. The number of Topliss-reactive ketones (excluding diaryl/α,β-unsaturated/α-hetero) is 1. The molecule has 0 fully saturated rings. The molecule has 1 aromatic carbocycles. The fraction of sp³-hybridized carbons (Fsp3) is 0.200. The lowest BCUT2D eigenvalue weighted by Crippen LogP contribution is -2.24. The number of halogens is 1. The SMILES string of the molecule is CC(=O)c1ccc(C(=O)NCCc2ccc(Cl)cc2)s1. The number of rotatable bonds is 5. The number of amides is 1. The van der Waals surface area contributed by atoms with E-state index in [9.17, 15) is 9.59 Å². The summed E-state index contributed by atoms with van der Waals surface area (Å²) in [6, 6.07) is 10.9. The molecule has 0 bridgehead atoms. The standard InChI is InChI=1S/C15H14ClNO2S/c1-10(18)13-6-7-14(20-13)15(19)17-9-8-11-2-4-12(16)5-3-11/h2-7H,8-9H2,1H3,(H,17,19). The maximum atomic E-state index is 11.9. The number of thiophene rings is 1. The first-order chi connectivity index (χ1) is 9.56. The monoisotopic (exact) mass is 307 g/mol. The number of carbonyl (C=O) groups is 2. The van der Waals surface area contributed by atoms with Crippen molar-refractivity contribution in [2.75, 3.05) is 6.54 Å². The van der Waals surface area contributed by atoms with E-state index in [1.54, 1.807) is 12.1 Å². The van der Waals surface area contributed by atoms with Gasteiger partial charge >= 0.3 is 0 Å². The summed E-state index contributed by atoms with van der Waals surface area (Å²) in [7, 11) is 0. The average molecular weight is 308 g/mol. The van der Waals surface area contributed by atoms with Gasteiger partial charge in [0.15, 0.2) is 5.78 Å². The molecule has 2 rings (SSSR count). The van der Waals surface area contributed by atoms with Gasteiger partial charge in [0, 0.05) is 11.6 Å². The molecule has 0 aliphatic rings. The summed E-state index contributed by atoms with van der Waals surface area (Å²) in [5.74, 6) is -0.160. The van der Waals surface area contributed by atoms with E-state index in [1.807, 2.05) is 24.3 Å². The second-order valence-electron chi connectivity index (χ2n) is 4.35. The lowest BCUT2D eigenvalue weighted by molar-refractivity contribution is 0.0957. The van der Waals surface area contributed by atoms with Gasteiger partial charge in [0.2, 0.25) is 0 Å². The summed E-state index contributed by atoms with van der Waals surface area (Å²) < 4.78 is 0. The van der Waals surface area contributed by atoms with E-state index in [-0.39, 0.29) is 11.7 Å². The highest BCUT2D eigenvalue weighted by molar-refractivity contribution is 7.15. The lowest BCUT2D eigenvalue weighted by atomic mass is 10.1. The van der Waals surface area contributed by atoms with E-state index in [2.05, 4.69) is 5.32 Å². The van der Waals surface area contributed by atoms with E-state index >= 15 is 0 Å². The van der Waals surface area contributed by atoms with Crippen LogP contribution in [0.25, 0.3) is 0 Å². The van der Waals surface area contributed by atoms with Gasteiger partial charge in [-0.25, -0.2) is 0 Å². The van der Waals surface area contributed by atoms with Crippen molar-refractivity contribution >= 4 is 34.6 Å². The zero-order valence-electron chi connectivity index (χ0n) is 11.0. The molecule has 1 heterocycles. The van der Waals surface area contributed by atoms with Gasteiger partial charge in [0.05, 0.1) is 9.75 Å². The molecule has 0 saturated heterocycles. The molecule has 0 radical (unpaired) electrons. The summed E-state index contributed by atoms with van der Waals surface area (Å²) in [5, 5.41) is 3.54. The van der Waals surface area contributed by atoms with Crippen molar-refractivity contribution in [2.45, 2.75) is 13.3 Å². The van der Waals surface area contributed by atoms with E-state index in [0.29, 0.717) is 21.3 Å². The molecule has 2 aromatic rings. The number of hydrogen-bond acceptors (Lipinski definition) is 3. The van der Waals surface area contributed by atoms with Gasteiger partial charge in [-0.05, 0) is 43.2 Å². The molecule has 0 saturated carbocycles. The van der Waals surface area contributed by atoms with E-state index in [4.69, 9.17) is 11.6 Å². The normalized spacial score (nSPS) is 10.3. The molecule has 1 aromatic heterocycles. The maximum Gasteiger partial charge on any atom is 0.261 e. The third-order valence-corrected chi connectivity index (χ3v) is 4.23. The smallest absolute Gasteiger partial charge is 0.261 e. The zero-order chi connectivity index (χ0) is 14.5. The molecular weight excluding hydrogens is 294 g/mol. The zero-order valence-corrected chi connectivity index (χ0v) is 12.6. The van der Waals surface area contributed by atoms with E-state index < -0.39 is 0 Å². The van der Waals surface area contributed by atoms with Crippen LogP contribution >= 0.6 is 22.9 Å². The molecule has 5 heteroatoms. The summed E-state index contributed by atoms with van der Waals surface area (Å²) in [6.07, 6.45) is 0.744. The minimum Gasteiger partial charge on any atom is -0.351 e. The Morgan fingerprint density at radius 1 is 1.10 bits per heavy atom. The number of benzene rings is 1. The topological polar surface area (TPSA) is 46.2 Å². The van der Waals surface area contributed by atoms with Gasteiger partial charge in [-0.3, -0.25) is 9.59 Å². The Balaban J connectivity index is 1.85. The Hall–Kier alpha value is -1.65. The third kappa shape index (κ3) is 3.92. The van der Waals surface area contributed by atoms with E-state index in [0.717, 1.165) is 12.0 Å². The minimum absolute atomic E-state index is 0.0183. The summed E-state index contributed by atoms with van der Waals surface area (Å²) in [5.41, 5.74) is 1.12. The number of ketones is 1. The molecule has 3 nitrogen and oxygen atoms in total. The molecule has 20 heavy (non-hydrogen) atoms. The van der Waals surface area contributed by atoms with Gasteiger partial charge in [0.1, 0.15) is 0 Å². The van der Waals surface area contributed by atoms with Crippen LogP contribution in [0, 0.1) is 0 Å². The van der Waals surface area contributed by atoms with E-state index in [1.165, 1.54) is 18.3 Å². The molecule has 0 aliphatic carbocycles.